The van der Waals surface area contributed by atoms with Gasteiger partial charge in [0.05, 0.1) is 11.3 Å². The number of hydrogen-bond donors (Lipinski definition) is 1. The standard InChI is InChI=1S/C26H29ClFN7O2S/c1-14(2)24-17-8-23(31-22-6-7-29-26(32-22)19-12-34(4)33-25(19)27)30-10-18(17)21(9-20(24)28)35-11-16(15(35)3)13-38(5,36)37/h6-10,12,14-16H,11,13H2,1-5H3,(H,29,30,31,32)/t15-,16-/m1/s1. The Kier molecular flexibility index (Phi) is 6.77. The molecule has 1 fully saturated rings. The van der Waals surface area contributed by atoms with Crippen molar-refractivity contribution in [3.8, 4) is 11.4 Å². The van der Waals surface area contributed by atoms with Gasteiger partial charge in [0, 0.05) is 61.5 Å². The highest BCUT2D eigenvalue weighted by Gasteiger charge is 2.38. The van der Waals surface area contributed by atoms with Gasteiger partial charge in [0.2, 0.25) is 0 Å². The molecule has 2 atom stereocenters. The van der Waals surface area contributed by atoms with Gasteiger partial charge in [0.1, 0.15) is 27.3 Å². The van der Waals surface area contributed by atoms with E-state index in [1.165, 1.54) is 6.26 Å². The lowest BCUT2D eigenvalue weighted by molar-refractivity contribution is 0.341. The third-order valence-electron chi connectivity index (χ3n) is 6.94. The Balaban J connectivity index is 1.50. The fourth-order valence-electron chi connectivity index (χ4n) is 5.07. The molecular weight excluding hydrogens is 529 g/mol. The number of anilines is 3. The highest BCUT2D eigenvalue weighted by molar-refractivity contribution is 7.90. The van der Waals surface area contributed by atoms with Crippen molar-refractivity contribution in [1.29, 1.82) is 0 Å². The zero-order valence-electron chi connectivity index (χ0n) is 21.8. The molecule has 38 heavy (non-hydrogen) atoms. The van der Waals surface area contributed by atoms with Gasteiger partial charge in [-0.3, -0.25) is 4.68 Å². The van der Waals surface area contributed by atoms with Crippen molar-refractivity contribution in [3.05, 3.63) is 53.3 Å². The third-order valence-corrected chi connectivity index (χ3v) is 8.25. The summed E-state index contributed by atoms with van der Waals surface area (Å²) in [5.74, 6) is 1.18. The number of sulfone groups is 1. The summed E-state index contributed by atoms with van der Waals surface area (Å²) < 4.78 is 40.7. The maximum atomic E-state index is 15.5. The minimum atomic E-state index is -3.09. The lowest BCUT2D eigenvalue weighted by atomic mass is 9.88. The van der Waals surface area contributed by atoms with Crippen LogP contribution in [0.2, 0.25) is 5.15 Å². The number of aryl methyl sites for hydroxylation is 1. The first-order valence-electron chi connectivity index (χ1n) is 12.3. The minimum Gasteiger partial charge on any atom is -0.367 e. The number of nitrogens with one attached hydrogen (secondary N) is 1. The largest absolute Gasteiger partial charge is 0.367 e. The van der Waals surface area contributed by atoms with Crippen molar-refractivity contribution in [2.75, 3.05) is 28.8 Å². The number of fused-ring (bicyclic) bond motifs is 1. The average Bonchev–Trinajstić information content (AvgIpc) is 3.17. The van der Waals surface area contributed by atoms with Crippen LogP contribution >= 0.6 is 11.6 Å². The van der Waals surface area contributed by atoms with Gasteiger partial charge in [-0.25, -0.2) is 27.8 Å². The van der Waals surface area contributed by atoms with E-state index >= 15 is 4.39 Å². The van der Waals surface area contributed by atoms with Gasteiger partial charge < -0.3 is 10.2 Å². The lowest BCUT2D eigenvalue weighted by Crippen LogP contribution is -2.57. The van der Waals surface area contributed by atoms with Crippen LogP contribution < -0.4 is 10.2 Å². The van der Waals surface area contributed by atoms with E-state index in [1.54, 1.807) is 42.5 Å². The number of rotatable bonds is 7. The monoisotopic (exact) mass is 557 g/mol. The zero-order chi connectivity index (χ0) is 27.4. The normalized spacial score (nSPS) is 17.7. The Morgan fingerprint density at radius 3 is 2.61 bits per heavy atom. The molecule has 200 valence electrons. The molecule has 1 aromatic carbocycles. The molecule has 0 unspecified atom stereocenters. The highest BCUT2D eigenvalue weighted by Crippen LogP contribution is 2.41. The summed E-state index contributed by atoms with van der Waals surface area (Å²) in [6.45, 7) is 6.43. The van der Waals surface area contributed by atoms with Crippen LogP contribution in [0.25, 0.3) is 22.2 Å². The van der Waals surface area contributed by atoms with Crippen LogP contribution in [0, 0.1) is 11.7 Å². The van der Waals surface area contributed by atoms with Gasteiger partial charge in [-0.2, -0.15) is 5.10 Å². The minimum absolute atomic E-state index is 0.00191. The second-order valence-electron chi connectivity index (χ2n) is 10.2. The smallest absolute Gasteiger partial charge is 0.166 e. The van der Waals surface area contributed by atoms with E-state index < -0.39 is 9.84 Å². The number of nitrogens with zero attached hydrogens (tertiary/aromatic N) is 6. The molecule has 0 radical (unpaired) electrons. The fraction of sp³-hybridized carbons (Fsp3) is 0.385. The van der Waals surface area contributed by atoms with Gasteiger partial charge in [0.25, 0.3) is 0 Å². The number of pyridine rings is 1. The molecule has 1 aliphatic rings. The average molecular weight is 558 g/mol. The van der Waals surface area contributed by atoms with Crippen molar-refractivity contribution in [3.63, 3.8) is 0 Å². The topological polar surface area (TPSA) is 106 Å². The fourth-order valence-corrected chi connectivity index (χ4v) is 6.48. The number of aromatic nitrogens is 5. The maximum absolute atomic E-state index is 15.5. The number of benzene rings is 1. The second-order valence-corrected chi connectivity index (χ2v) is 12.7. The summed E-state index contributed by atoms with van der Waals surface area (Å²) in [7, 11) is -1.33. The summed E-state index contributed by atoms with van der Waals surface area (Å²) in [5.41, 5.74) is 1.92. The molecule has 0 amide bonds. The van der Waals surface area contributed by atoms with Crippen LogP contribution in [0.1, 0.15) is 32.3 Å². The van der Waals surface area contributed by atoms with Gasteiger partial charge in [-0.05, 0) is 42.0 Å². The van der Waals surface area contributed by atoms with Crippen molar-refractivity contribution < 1.29 is 12.8 Å². The van der Waals surface area contributed by atoms with E-state index in [0.717, 1.165) is 10.8 Å². The molecule has 0 saturated carbocycles. The van der Waals surface area contributed by atoms with Crippen LogP contribution in [0.4, 0.5) is 21.7 Å². The number of halogens is 2. The SMILES string of the molecule is CC(C)c1c(F)cc(N2C[C@H](CS(C)(=O)=O)[C@H]2C)c2cnc(Nc3ccnc(-c4cn(C)nc4Cl)n3)cc12. The van der Waals surface area contributed by atoms with Crippen LogP contribution in [0.15, 0.2) is 36.8 Å². The zero-order valence-corrected chi connectivity index (χ0v) is 23.3. The summed E-state index contributed by atoms with van der Waals surface area (Å²) in [4.78, 5) is 15.5. The third kappa shape index (κ3) is 5.04. The molecule has 0 aliphatic carbocycles. The Labute approximate surface area is 226 Å². The summed E-state index contributed by atoms with van der Waals surface area (Å²) in [6, 6.07) is 5.06. The Morgan fingerprint density at radius 2 is 1.97 bits per heavy atom. The molecule has 0 bridgehead atoms. The predicted molar refractivity (Wildman–Crippen MR) is 148 cm³/mol. The summed E-state index contributed by atoms with van der Waals surface area (Å²) >= 11 is 6.21. The van der Waals surface area contributed by atoms with Crippen LogP contribution in [0.3, 0.4) is 0 Å². The predicted octanol–water partition coefficient (Wildman–Crippen LogP) is 4.95. The van der Waals surface area contributed by atoms with E-state index in [2.05, 4.69) is 30.3 Å². The van der Waals surface area contributed by atoms with Crippen LogP contribution in [0.5, 0.6) is 0 Å². The molecule has 1 N–H and O–H groups in total. The van der Waals surface area contributed by atoms with E-state index in [1.807, 2.05) is 26.8 Å². The number of hydrogen-bond acceptors (Lipinski definition) is 8. The molecule has 5 rings (SSSR count). The van der Waals surface area contributed by atoms with Crippen molar-refractivity contribution in [2.24, 2.45) is 13.0 Å². The first kappa shape index (κ1) is 26.3. The van der Waals surface area contributed by atoms with Gasteiger partial charge in [0.15, 0.2) is 11.0 Å². The van der Waals surface area contributed by atoms with Crippen molar-refractivity contribution >= 4 is 49.5 Å². The summed E-state index contributed by atoms with van der Waals surface area (Å²) in [5, 5.41) is 9.20. The molecule has 0 spiro atoms. The Bertz CT molecular complexity index is 1640. The van der Waals surface area contributed by atoms with Gasteiger partial charge >= 0.3 is 0 Å². The van der Waals surface area contributed by atoms with E-state index in [9.17, 15) is 8.42 Å². The Hall–Kier alpha value is -3.31. The van der Waals surface area contributed by atoms with E-state index in [-0.39, 0.29) is 29.4 Å². The summed E-state index contributed by atoms with van der Waals surface area (Å²) in [6.07, 6.45) is 6.34. The molecule has 1 aliphatic heterocycles. The molecule has 4 aromatic rings. The van der Waals surface area contributed by atoms with Crippen LogP contribution in [-0.2, 0) is 16.9 Å². The molecule has 9 nitrogen and oxygen atoms in total. The van der Waals surface area contributed by atoms with Gasteiger partial charge in [-0.1, -0.05) is 25.4 Å². The van der Waals surface area contributed by atoms with Crippen LogP contribution in [-0.4, -0.2) is 57.7 Å². The maximum Gasteiger partial charge on any atom is 0.166 e. The second kappa shape index (κ2) is 9.77. The first-order valence-corrected chi connectivity index (χ1v) is 14.7. The van der Waals surface area contributed by atoms with E-state index in [4.69, 9.17) is 11.6 Å². The van der Waals surface area contributed by atoms with Gasteiger partial charge in [-0.15, -0.1) is 0 Å². The quantitative estimate of drug-likeness (QED) is 0.340. The van der Waals surface area contributed by atoms with Crippen molar-refractivity contribution in [2.45, 2.75) is 32.7 Å². The first-order chi connectivity index (χ1) is 17.9. The lowest BCUT2D eigenvalue weighted by Gasteiger charge is -2.48. The molecule has 12 heteroatoms. The molecular formula is C26H29ClFN7O2S. The highest BCUT2D eigenvalue weighted by atomic mass is 35.5. The Morgan fingerprint density at radius 1 is 1.21 bits per heavy atom. The molecule has 1 saturated heterocycles. The molecule has 3 aromatic heterocycles. The molecule has 4 heterocycles. The van der Waals surface area contributed by atoms with E-state index in [0.29, 0.717) is 46.0 Å². The van der Waals surface area contributed by atoms with Crippen molar-refractivity contribution in [1.82, 2.24) is 24.7 Å².